The minimum Gasteiger partial charge on any atom is -0.489 e. The minimum atomic E-state index is -1.46. The maximum atomic E-state index is 12.2. The van der Waals surface area contributed by atoms with Crippen molar-refractivity contribution in [2.24, 2.45) is 0 Å². The van der Waals surface area contributed by atoms with E-state index in [1.165, 1.54) is 13.8 Å². The topological polar surface area (TPSA) is 89.9 Å². The van der Waals surface area contributed by atoms with Crippen molar-refractivity contribution in [2.75, 3.05) is 13.2 Å². The first kappa shape index (κ1) is 21.3. The third-order valence-electron chi connectivity index (χ3n) is 4.06. The lowest BCUT2D eigenvalue weighted by molar-refractivity contribution is -0.138. The second-order valence-electron chi connectivity index (χ2n) is 7.01. The number of carbonyl (C=O) groups excluding carboxylic acids is 3. The van der Waals surface area contributed by atoms with Gasteiger partial charge in [-0.1, -0.05) is 30.3 Å². The second-order valence-corrected chi connectivity index (χ2v) is 7.01. The standard InChI is InChI=1S/C22H24O6/c1-14-12-17(20(24)22(3,4)26)13-15(2)19(14)27-10-11-28-21(25)18(23)16-8-6-5-7-9-16/h5-9,12-13,26H,10-11H2,1-4H3. The van der Waals surface area contributed by atoms with Gasteiger partial charge in [0.1, 0.15) is 24.6 Å². The molecule has 2 aromatic carbocycles. The number of hydrogen-bond donors (Lipinski definition) is 1. The number of esters is 1. The molecule has 0 aliphatic rings. The molecule has 2 aromatic rings. The van der Waals surface area contributed by atoms with Gasteiger partial charge < -0.3 is 14.6 Å². The Morgan fingerprint density at radius 2 is 1.50 bits per heavy atom. The number of hydrogen-bond acceptors (Lipinski definition) is 6. The van der Waals surface area contributed by atoms with Crippen molar-refractivity contribution in [1.29, 1.82) is 0 Å². The monoisotopic (exact) mass is 384 g/mol. The summed E-state index contributed by atoms with van der Waals surface area (Å²) in [7, 11) is 0. The predicted octanol–water partition coefficient (Wildman–Crippen LogP) is 3.06. The number of Topliss-reactive ketones (excluding diaryl/α,β-unsaturated/α-hetero) is 2. The molecule has 0 saturated carbocycles. The van der Waals surface area contributed by atoms with Gasteiger partial charge in [-0.3, -0.25) is 9.59 Å². The first-order valence-corrected chi connectivity index (χ1v) is 8.89. The van der Waals surface area contributed by atoms with Crippen LogP contribution >= 0.6 is 0 Å². The molecule has 0 aliphatic heterocycles. The largest absolute Gasteiger partial charge is 0.489 e. The van der Waals surface area contributed by atoms with Crippen LogP contribution in [0.4, 0.5) is 0 Å². The zero-order chi connectivity index (χ0) is 20.9. The smallest absolute Gasteiger partial charge is 0.379 e. The van der Waals surface area contributed by atoms with E-state index in [4.69, 9.17) is 9.47 Å². The molecule has 0 amide bonds. The van der Waals surface area contributed by atoms with Crippen LogP contribution in [0.15, 0.2) is 42.5 Å². The van der Waals surface area contributed by atoms with Crippen LogP contribution in [0.3, 0.4) is 0 Å². The third-order valence-corrected chi connectivity index (χ3v) is 4.06. The molecule has 0 aliphatic carbocycles. The first-order valence-electron chi connectivity index (χ1n) is 8.89. The van der Waals surface area contributed by atoms with Crippen molar-refractivity contribution in [3.05, 3.63) is 64.7 Å². The number of ketones is 2. The van der Waals surface area contributed by atoms with Gasteiger partial charge in [-0.05, 0) is 51.0 Å². The van der Waals surface area contributed by atoms with Gasteiger partial charge in [0.2, 0.25) is 0 Å². The van der Waals surface area contributed by atoms with Crippen LogP contribution in [0, 0.1) is 13.8 Å². The SMILES string of the molecule is Cc1cc(C(=O)C(C)(C)O)cc(C)c1OCCOC(=O)C(=O)c1ccccc1. The van der Waals surface area contributed by atoms with Crippen molar-refractivity contribution in [3.8, 4) is 5.75 Å². The van der Waals surface area contributed by atoms with E-state index in [0.29, 0.717) is 11.3 Å². The van der Waals surface area contributed by atoms with E-state index in [-0.39, 0.29) is 24.6 Å². The summed E-state index contributed by atoms with van der Waals surface area (Å²) in [4.78, 5) is 36.0. The van der Waals surface area contributed by atoms with E-state index in [0.717, 1.165) is 11.1 Å². The van der Waals surface area contributed by atoms with Gasteiger partial charge in [-0.25, -0.2) is 4.79 Å². The molecule has 0 fully saturated rings. The van der Waals surface area contributed by atoms with E-state index in [1.807, 2.05) is 0 Å². The zero-order valence-corrected chi connectivity index (χ0v) is 16.4. The molecular weight excluding hydrogens is 360 g/mol. The van der Waals surface area contributed by atoms with Crippen LogP contribution in [0.2, 0.25) is 0 Å². The molecule has 148 valence electrons. The van der Waals surface area contributed by atoms with Crippen molar-refractivity contribution < 1.29 is 29.0 Å². The van der Waals surface area contributed by atoms with E-state index in [9.17, 15) is 19.5 Å². The van der Waals surface area contributed by atoms with Crippen LogP contribution in [-0.4, -0.2) is 41.5 Å². The number of benzene rings is 2. The fourth-order valence-corrected chi connectivity index (χ4v) is 2.71. The molecule has 0 aromatic heterocycles. The molecule has 0 spiro atoms. The highest BCUT2D eigenvalue weighted by molar-refractivity contribution is 6.40. The Morgan fingerprint density at radius 1 is 0.929 bits per heavy atom. The van der Waals surface area contributed by atoms with Gasteiger partial charge >= 0.3 is 5.97 Å². The van der Waals surface area contributed by atoms with Gasteiger partial charge in [0.05, 0.1) is 0 Å². The Kier molecular flexibility index (Phi) is 6.70. The van der Waals surface area contributed by atoms with E-state index < -0.39 is 17.4 Å². The Bertz CT molecular complexity index is 855. The lowest BCUT2D eigenvalue weighted by Gasteiger charge is -2.18. The van der Waals surface area contributed by atoms with E-state index in [1.54, 1.807) is 56.3 Å². The summed E-state index contributed by atoms with van der Waals surface area (Å²) < 4.78 is 10.6. The number of rotatable bonds is 8. The molecule has 0 saturated heterocycles. The van der Waals surface area contributed by atoms with E-state index in [2.05, 4.69) is 0 Å². The molecular formula is C22H24O6. The lowest BCUT2D eigenvalue weighted by Crippen LogP contribution is -2.31. The molecule has 0 unspecified atom stereocenters. The Balaban J connectivity index is 1.94. The molecule has 2 rings (SSSR count). The maximum absolute atomic E-state index is 12.2. The fourth-order valence-electron chi connectivity index (χ4n) is 2.71. The van der Waals surface area contributed by atoms with Gasteiger partial charge in [-0.2, -0.15) is 0 Å². The predicted molar refractivity (Wildman–Crippen MR) is 104 cm³/mol. The molecule has 6 heteroatoms. The average molecular weight is 384 g/mol. The van der Waals surface area contributed by atoms with Crippen LogP contribution in [0.5, 0.6) is 5.75 Å². The molecule has 0 heterocycles. The highest BCUT2D eigenvalue weighted by atomic mass is 16.6. The summed E-state index contributed by atoms with van der Waals surface area (Å²) in [6.07, 6.45) is 0. The Labute approximate surface area is 164 Å². The molecule has 6 nitrogen and oxygen atoms in total. The van der Waals surface area contributed by atoms with Crippen LogP contribution in [0.25, 0.3) is 0 Å². The van der Waals surface area contributed by atoms with Gasteiger partial charge in [-0.15, -0.1) is 0 Å². The summed E-state index contributed by atoms with van der Waals surface area (Å²) >= 11 is 0. The third kappa shape index (κ3) is 5.27. The second kappa shape index (κ2) is 8.80. The first-order chi connectivity index (χ1) is 13.1. The summed E-state index contributed by atoms with van der Waals surface area (Å²) in [6.45, 7) is 6.43. The molecule has 28 heavy (non-hydrogen) atoms. The lowest BCUT2D eigenvalue weighted by atomic mass is 9.94. The highest BCUT2D eigenvalue weighted by Gasteiger charge is 2.26. The fraction of sp³-hybridized carbons (Fsp3) is 0.318. The number of ether oxygens (including phenoxy) is 2. The summed E-state index contributed by atoms with van der Waals surface area (Å²) in [5.74, 6) is -1.45. The minimum absolute atomic E-state index is 0.0638. The quantitative estimate of drug-likeness (QED) is 0.326. The normalized spacial score (nSPS) is 11.0. The van der Waals surface area contributed by atoms with Gasteiger partial charge in [0, 0.05) is 11.1 Å². The van der Waals surface area contributed by atoms with Crippen molar-refractivity contribution >= 4 is 17.5 Å². The highest BCUT2D eigenvalue weighted by Crippen LogP contribution is 2.26. The van der Waals surface area contributed by atoms with Crippen LogP contribution in [-0.2, 0) is 9.53 Å². The zero-order valence-electron chi connectivity index (χ0n) is 16.4. The van der Waals surface area contributed by atoms with Crippen molar-refractivity contribution in [1.82, 2.24) is 0 Å². The van der Waals surface area contributed by atoms with Crippen molar-refractivity contribution in [3.63, 3.8) is 0 Å². The molecule has 0 atom stereocenters. The Morgan fingerprint density at radius 3 is 2.04 bits per heavy atom. The van der Waals surface area contributed by atoms with Gasteiger partial charge in [0.15, 0.2) is 5.78 Å². The summed E-state index contributed by atoms with van der Waals surface area (Å²) in [5, 5.41) is 9.89. The molecule has 0 radical (unpaired) electrons. The van der Waals surface area contributed by atoms with Crippen LogP contribution < -0.4 is 4.74 Å². The Hall–Kier alpha value is -2.99. The van der Waals surface area contributed by atoms with Gasteiger partial charge in [0.25, 0.3) is 5.78 Å². The summed E-state index contributed by atoms with van der Waals surface area (Å²) in [5.41, 5.74) is 0.654. The number of aryl methyl sites for hydroxylation is 2. The average Bonchev–Trinajstić information content (AvgIpc) is 2.65. The van der Waals surface area contributed by atoms with E-state index >= 15 is 0 Å². The van der Waals surface area contributed by atoms with Crippen molar-refractivity contribution in [2.45, 2.75) is 33.3 Å². The number of aliphatic hydroxyl groups is 1. The number of carbonyl (C=O) groups is 3. The maximum Gasteiger partial charge on any atom is 0.379 e. The molecule has 0 bridgehead atoms. The van der Waals surface area contributed by atoms with Crippen LogP contribution in [0.1, 0.15) is 45.7 Å². The molecule has 1 N–H and O–H groups in total. The summed E-state index contributed by atoms with van der Waals surface area (Å²) in [6, 6.07) is 11.5.